The number of nitrogens with one attached hydrogen (secondary N) is 1. The van der Waals surface area contributed by atoms with Crippen LogP contribution in [0.1, 0.15) is 27.1 Å². The quantitative estimate of drug-likeness (QED) is 0.444. The summed E-state index contributed by atoms with van der Waals surface area (Å²) in [6, 6.07) is 17.6. The molecule has 2 aliphatic rings. The van der Waals surface area contributed by atoms with Crippen LogP contribution in [0.3, 0.4) is 0 Å². The highest BCUT2D eigenvalue weighted by atomic mass is 35.5. The van der Waals surface area contributed by atoms with E-state index >= 15 is 0 Å². The number of nitrogens with zero attached hydrogens (tertiary/aromatic N) is 2. The predicted molar refractivity (Wildman–Crippen MR) is 125 cm³/mol. The van der Waals surface area contributed by atoms with Crippen LogP contribution in [0.2, 0.25) is 5.02 Å². The van der Waals surface area contributed by atoms with E-state index in [9.17, 15) is 19.2 Å². The molecule has 3 aromatic carbocycles. The van der Waals surface area contributed by atoms with Gasteiger partial charge < -0.3 is 9.47 Å². The third kappa shape index (κ3) is 4.29. The Kier molecular flexibility index (Phi) is 5.84. The number of halogens is 1. The first-order valence-corrected chi connectivity index (χ1v) is 11.0. The summed E-state index contributed by atoms with van der Waals surface area (Å²) in [5.74, 6) is -1.54. The fraction of sp³-hybridized carbons (Fsp3) is 0.120. The number of anilines is 1. The topological polar surface area (TPSA) is 105 Å². The number of carbonyl (C=O) groups is 4. The monoisotopic (exact) mass is 491 g/mol. The summed E-state index contributed by atoms with van der Waals surface area (Å²) in [5, 5.41) is 1.36. The predicted octanol–water partition coefficient (Wildman–Crippen LogP) is 3.19. The van der Waals surface area contributed by atoms with Crippen LogP contribution in [0.25, 0.3) is 0 Å². The standard InChI is InChI=1S/C25H18ClN3O6/c26-17-8-6-15(7-9-17)23(31)27-29(24(32)16-4-2-1-3-5-16)19-13-22(30)28(25(19)33)18-10-11-20-21(12-18)35-14-34-20/h1-12,19H,13-14H2,(H,27,31). The second-order valence-corrected chi connectivity index (χ2v) is 8.25. The smallest absolute Gasteiger partial charge is 0.273 e. The Morgan fingerprint density at radius 2 is 1.63 bits per heavy atom. The molecule has 2 aliphatic heterocycles. The molecule has 5 rings (SSSR count). The van der Waals surface area contributed by atoms with Crippen LogP contribution in [0.15, 0.2) is 72.8 Å². The third-order valence-electron chi connectivity index (χ3n) is 5.62. The summed E-state index contributed by atoms with van der Waals surface area (Å²) < 4.78 is 10.6. The van der Waals surface area contributed by atoms with Crippen LogP contribution in [-0.4, -0.2) is 41.5 Å². The van der Waals surface area contributed by atoms with Crippen molar-refractivity contribution in [1.82, 2.24) is 10.4 Å². The van der Waals surface area contributed by atoms with Crippen LogP contribution in [0.5, 0.6) is 11.5 Å². The van der Waals surface area contributed by atoms with Gasteiger partial charge in [-0.15, -0.1) is 0 Å². The van der Waals surface area contributed by atoms with Crippen molar-refractivity contribution in [3.05, 3.63) is 88.9 Å². The largest absolute Gasteiger partial charge is 0.454 e. The molecular formula is C25H18ClN3O6. The van der Waals surface area contributed by atoms with Gasteiger partial charge in [-0.3, -0.25) is 24.6 Å². The first kappa shape index (κ1) is 22.4. The number of hydrazine groups is 1. The number of rotatable bonds is 4. The number of amides is 4. The lowest BCUT2D eigenvalue weighted by molar-refractivity contribution is -0.122. The minimum atomic E-state index is -1.25. The van der Waals surface area contributed by atoms with E-state index in [0.29, 0.717) is 16.5 Å². The number of fused-ring (bicyclic) bond motifs is 1. The summed E-state index contributed by atoms with van der Waals surface area (Å²) >= 11 is 5.90. The van der Waals surface area contributed by atoms with Crippen molar-refractivity contribution < 1.29 is 28.7 Å². The molecule has 0 radical (unpaired) electrons. The van der Waals surface area contributed by atoms with Crippen LogP contribution in [-0.2, 0) is 9.59 Å². The van der Waals surface area contributed by atoms with Crippen molar-refractivity contribution in [2.45, 2.75) is 12.5 Å². The molecule has 1 unspecified atom stereocenters. The van der Waals surface area contributed by atoms with E-state index in [1.807, 2.05) is 0 Å². The van der Waals surface area contributed by atoms with Gasteiger partial charge in [-0.25, -0.2) is 9.91 Å². The summed E-state index contributed by atoms with van der Waals surface area (Å²) in [6.45, 7) is 0.0411. The molecule has 0 aromatic heterocycles. The average Bonchev–Trinajstić information content (AvgIpc) is 3.46. The van der Waals surface area contributed by atoms with E-state index in [-0.39, 0.29) is 30.0 Å². The van der Waals surface area contributed by atoms with Crippen molar-refractivity contribution in [3.8, 4) is 11.5 Å². The first-order chi connectivity index (χ1) is 16.9. The SMILES string of the molecule is O=C(NN(C(=O)c1ccccc1)C1CC(=O)N(c2ccc3c(c2)OCO3)C1=O)c1ccc(Cl)cc1. The fourth-order valence-corrected chi connectivity index (χ4v) is 4.00. The molecule has 9 nitrogen and oxygen atoms in total. The summed E-state index contributed by atoms with van der Waals surface area (Å²) in [4.78, 5) is 53.6. The Hall–Kier alpha value is -4.37. The van der Waals surface area contributed by atoms with Crippen LogP contribution < -0.4 is 19.8 Å². The Balaban J connectivity index is 1.46. The second kappa shape index (κ2) is 9.11. The van der Waals surface area contributed by atoms with E-state index in [1.165, 1.54) is 30.3 Å². The van der Waals surface area contributed by atoms with E-state index < -0.39 is 29.7 Å². The highest BCUT2D eigenvalue weighted by molar-refractivity contribution is 6.30. The summed E-state index contributed by atoms with van der Waals surface area (Å²) in [5.41, 5.74) is 3.26. The van der Waals surface area contributed by atoms with E-state index in [1.54, 1.807) is 42.5 Å². The van der Waals surface area contributed by atoms with Gasteiger partial charge in [0.2, 0.25) is 12.7 Å². The minimum absolute atomic E-state index is 0.0411. The highest BCUT2D eigenvalue weighted by Gasteiger charge is 2.46. The molecule has 3 aromatic rings. The van der Waals surface area contributed by atoms with Crippen LogP contribution in [0, 0.1) is 0 Å². The number of carbonyl (C=O) groups excluding carboxylic acids is 4. The molecule has 0 saturated carbocycles. The van der Waals surface area contributed by atoms with Gasteiger partial charge >= 0.3 is 0 Å². The maximum atomic E-state index is 13.4. The van der Waals surface area contributed by atoms with Crippen molar-refractivity contribution in [2.75, 3.05) is 11.7 Å². The zero-order valence-corrected chi connectivity index (χ0v) is 18.9. The lowest BCUT2D eigenvalue weighted by Gasteiger charge is -2.28. The Morgan fingerprint density at radius 3 is 2.37 bits per heavy atom. The van der Waals surface area contributed by atoms with Gasteiger partial charge in [-0.1, -0.05) is 29.8 Å². The van der Waals surface area contributed by atoms with Crippen molar-refractivity contribution in [3.63, 3.8) is 0 Å². The fourth-order valence-electron chi connectivity index (χ4n) is 3.88. The minimum Gasteiger partial charge on any atom is -0.454 e. The molecule has 0 bridgehead atoms. The number of hydrogen-bond acceptors (Lipinski definition) is 6. The normalized spacial score (nSPS) is 16.4. The molecule has 1 fully saturated rings. The second-order valence-electron chi connectivity index (χ2n) is 7.81. The molecule has 2 heterocycles. The van der Waals surface area contributed by atoms with E-state index in [2.05, 4.69) is 5.43 Å². The molecule has 176 valence electrons. The van der Waals surface area contributed by atoms with Crippen LogP contribution in [0.4, 0.5) is 5.69 Å². The molecule has 0 spiro atoms. The van der Waals surface area contributed by atoms with Crippen molar-refractivity contribution in [1.29, 1.82) is 0 Å². The maximum absolute atomic E-state index is 13.4. The molecule has 0 aliphatic carbocycles. The zero-order valence-electron chi connectivity index (χ0n) is 18.1. The Morgan fingerprint density at radius 1 is 0.914 bits per heavy atom. The van der Waals surface area contributed by atoms with Gasteiger partial charge in [0, 0.05) is 22.2 Å². The van der Waals surface area contributed by atoms with Gasteiger partial charge in [0.1, 0.15) is 6.04 Å². The molecule has 35 heavy (non-hydrogen) atoms. The van der Waals surface area contributed by atoms with E-state index in [0.717, 1.165) is 9.91 Å². The number of benzene rings is 3. The van der Waals surface area contributed by atoms with Crippen molar-refractivity contribution in [2.24, 2.45) is 0 Å². The van der Waals surface area contributed by atoms with Gasteiger partial charge in [-0.2, -0.15) is 0 Å². The summed E-state index contributed by atoms with van der Waals surface area (Å²) in [6.07, 6.45) is -0.313. The van der Waals surface area contributed by atoms with Gasteiger partial charge in [-0.05, 0) is 48.5 Å². The molecule has 1 atom stereocenters. The van der Waals surface area contributed by atoms with Crippen molar-refractivity contribution >= 4 is 40.9 Å². The lowest BCUT2D eigenvalue weighted by Crippen LogP contribution is -2.54. The van der Waals surface area contributed by atoms with Gasteiger partial charge in [0.25, 0.3) is 17.7 Å². The third-order valence-corrected chi connectivity index (χ3v) is 5.87. The van der Waals surface area contributed by atoms with Gasteiger partial charge in [0.15, 0.2) is 11.5 Å². The average molecular weight is 492 g/mol. The molecule has 1 N–H and O–H groups in total. The van der Waals surface area contributed by atoms with Gasteiger partial charge in [0.05, 0.1) is 12.1 Å². The number of imide groups is 1. The molecular weight excluding hydrogens is 474 g/mol. The number of hydrogen-bond donors (Lipinski definition) is 1. The summed E-state index contributed by atoms with van der Waals surface area (Å²) in [7, 11) is 0. The molecule has 10 heteroatoms. The van der Waals surface area contributed by atoms with E-state index in [4.69, 9.17) is 21.1 Å². The molecule has 4 amide bonds. The molecule has 1 saturated heterocycles. The lowest BCUT2D eigenvalue weighted by atomic mass is 10.1. The Bertz CT molecular complexity index is 1330. The van der Waals surface area contributed by atoms with Crippen LogP contribution >= 0.6 is 11.6 Å². The first-order valence-electron chi connectivity index (χ1n) is 10.6. The highest BCUT2D eigenvalue weighted by Crippen LogP contribution is 2.37. The Labute approximate surface area is 204 Å². The zero-order chi connectivity index (χ0) is 24.5. The number of ether oxygens (including phenoxy) is 2. The maximum Gasteiger partial charge on any atom is 0.273 e.